The van der Waals surface area contributed by atoms with Crippen LogP contribution in [0.2, 0.25) is 5.15 Å². The lowest BCUT2D eigenvalue weighted by atomic mass is 9.95. The van der Waals surface area contributed by atoms with Gasteiger partial charge in [0.25, 0.3) is 0 Å². The molecule has 160 valence electrons. The molecule has 2 atom stereocenters. The number of aromatic nitrogens is 3. The lowest BCUT2D eigenvalue weighted by Crippen LogP contribution is -2.43. The van der Waals surface area contributed by atoms with Crippen molar-refractivity contribution >= 4 is 28.3 Å². The van der Waals surface area contributed by atoms with Gasteiger partial charge in [0, 0.05) is 19.3 Å². The predicted octanol–water partition coefficient (Wildman–Crippen LogP) is 4.06. The fourth-order valence-electron chi connectivity index (χ4n) is 6.35. The standard InChI is InChI=1S/C22H27ClFN5O/c23-19-17(24)18-16(10-25-19)20(28-11-14-3-4-15(9-14)12-28)27-21(26-18)30-13-22-5-1-7-29(22)8-2-6-22/h10,14-15H,1-9,11-13H2. The lowest BCUT2D eigenvalue weighted by molar-refractivity contribution is 0.108. The Kier molecular flexibility index (Phi) is 4.53. The summed E-state index contributed by atoms with van der Waals surface area (Å²) in [7, 11) is 0. The second-order valence-corrected chi connectivity index (χ2v) is 9.97. The van der Waals surface area contributed by atoms with E-state index in [-0.39, 0.29) is 22.2 Å². The molecule has 6 nitrogen and oxygen atoms in total. The quantitative estimate of drug-likeness (QED) is 0.680. The van der Waals surface area contributed by atoms with Crippen molar-refractivity contribution in [1.82, 2.24) is 19.9 Å². The Labute approximate surface area is 180 Å². The van der Waals surface area contributed by atoms with E-state index in [4.69, 9.17) is 21.3 Å². The SMILES string of the molecule is Fc1c(Cl)ncc2c(N3CC4CCC(C4)C3)nc(OCC34CCCN3CCC4)nc12. The van der Waals surface area contributed by atoms with Gasteiger partial charge in [-0.2, -0.15) is 9.97 Å². The molecule has 0 aromatic carbocycles. The molecule has 2 aromatic heterocycles. The smallest absolute Gasteiger partial charge is 0.319 e. The number of piperidine rings is 1. The lowest BCUT2D eigenvalue weighted by Gasteiger charge is -2.34. The molecular weight excluding hydrogens is 405 g/mol. The second kappa shape index (κ2) is 7.16. The third-order valence-corrected chi connectivity index (χ3v) is 8.05. The number of rotatable bonds is 4. The molecule has 3 saturated heterocycles. The van der Waals surface area contributed by atoms with Gasteiger partial charge in [0.2, 0.25) is 0 Å². The maximum absolute atomic E-state index is 14.9. The van der Waals surface area contributed by atoms with Crippen molar-refractivity contribution in [3.8, 4) is 6.01 Å². The van der Waals surface area contributed by atoms with Crippen molar-refractivity contribution in [2.24, 2.45) is 11.8 Å². The first-order valence-corrected chi connectivity index (χ1v) is 11.6. The molecular formula is C22H27ClFN5O. The van der Waals surface area contributed by atoms with E-state index in [1.165, 1.54) is 32.1 Å². The van der Waals surface area contributed by atoms with Crippen LogP contribution in [0.25, 0.3) is 10.9 Å². The first-order chi connectivity index (χ1) is 14.6. The predicted molar refractivity (Wildman–Crippen MR) is 114 cm³/mol. The summed E-state index contributed by atoms with van der Waals surface area (Å²) in [4.78, 5) is 18.1. The number of ether oxygens (including phenoxy) is 1. The zero-order valence-corrected chi connectivity index (χ0v) is 17.9. The van der Waals surface area contributed by atoms with Crippen LogP contribution >= 0.6 is 11.6 Å². The minimum Gasteiger partial charge on any atom is -0.461 e. The number of pyridine rings is 1. The van der Waals surface area contributed by atoms with Crippen molar-refractivity contribution in [3.63, 3.8) is 0 Å². The molecule has 4 fully saturated rings. The van der Waals surface area contributed by atoms with E-state index < -0.39 is 5.82 Å². The van der Waals surface area contributed by atoms with Crippen LogP contribution in [0.3, 0.4) is 0 Å². The Hall–Kier alpha value is -1.73. The molecule has 1 aliphatic carbocycles. The van der Waals surface area contributed by atoms with Gasteiger partial charge in [-0.25, -0.2) is 9.37 Å². The van der Waals surface area contributed by atoms with Gasteiger partial charge < -0.3 is 9.64 Å². The van der Waals surface area contributed by atoms with Crippen LogP contribution in [0.4, 0.5) is 10.2 Å². The number of fused-ring (bicyclic) bond motifs is 4. The summed E-state index contributed by atoms with van der Waals surface area (Å²) in [6.45, 7) is 4.73. The molecule has 3 aliphatic heterocycles. The van der Waals surface area contributed by atoms with Crippen LogP contribution in [-0.4, -0.2) is 58.2 Å². The molecule has 0 N–H and O–H groups in total. The first-order valence-electron chi connectivity index (χ1n) is 11.3. The molecule has 5 heterocycles. The molecule has 2 bridgehead atoms. The third-order valence-electron chi connectivity index (χ3n) is 7.79. The maximum Gasteiger partial charge on any atom is 0.319 e. The normalized spacial score (nSPS) is 27.7. The minimum absolute atomic E-state index is 0.0944. The number of nitrogens with zero attached hydrogens (tertiary/aromatic N) is 5. The van der Waals surface area contributed by atoms with E-state index in [2.05, 4.69) is 19.8 Å². The topological polar surface area (TPSA) is 54.4 Å². The molecule has 0 amide bonds. The highest BCUT2D eigenvalue weighted by atomic mass is 35.5. The average molecular weight is 432 g/mol. The highest BCUT2D eigenvalue weighted by Gasteiger charge is 2.45. The Morgan fingerprint density at radius 1 is 1.13 bits per heavy atom. The van der Waals surface area contributed by atoms with Crippen LogP contribution in [0, 0.1) is 17.7 Å². The maximum atomic E-state index is 14.9. The number of hydrogen-bond donors (Lipinski definition) is 0. The molecule has 30 heavy (non-hydrogen) atoms. The summed E-state index contributed by atoms with van der Waals surface area (Å²) in [5.41, 5.74) is 0.303. The molecule has 0 spiro atoms. The molecule has 2 unspecified atom stereocenters. The molecule has 8 heteroatoms. The van der Waals surface area contributed by atoms with E-state index in [0.29, 0.717) is 23.8 Å². The number of halogens is 2. The Bertz CT molecular complexity index is 966. The summed E-state index contributed by atoms with van der Waals surface area (Å²) < 4.78 is 21.1. The fourth-order valence-corrected chi connectivity index (χ4v) is 6.48. The minimum atomic E-state index is -0.593. The van der Waals surface area contributed by atoms with Crippen LogP contribution in [-0.2, 0) is 0 Å². The van der Waals surface area contributed by atoms with Gasteiger partial charge in [0.1, 0.15) is 17.9 Å². The van der Waals surface area contributed by atoms with Gasteiger partial charge in [-0.1, -0.05) is 11.6 Å². The first kappa shape index (κ1) is 19.0. The van der Waals surface area contributed by atoms with Crippen LogP contribution in [0.15, 0.2) is 6.20 Å². The zero-order valence-electron chi connectivity index (χ0n) is 17.1. The van der Waals surface area contributed by atoms with Gasteiger partial charge in [0.05, 0.1) is 10.9 Å². The van der Waals surface area contributed by atoms with E-state index in [0.717, 1.165) is 44.8 Å². The highest BCUT2D eigenvalue weighted by molar-refractivity contribution is 6.30. The van der Waals surface area contributed by atoms with Gasteiger partial charge in [0.15, 0.2) is 11.0 Å². The van der Waals surface area contributed by atoms with Gasteiger partial charge >= 0.3 is 6.01 Å². The zero-order chi connectivity index (χ0) is 20.3. The second-order valence-electron chi connectivity index (χ2n) is 9.61. The van der Waals surface area contributed by atoms with E-state index in [9.17, 15) is 4.39 Å². The Morgan fingerprint density at radius 3 is 2.60 bits per heavy atom. The van der Waals surface area contributed by atoms with Gasteiger partial charge in [-0.05, 0) is 69.9 Å². The fraction of sp³-hybridized carbons (Fsp3) is 0.682. The summed E-state index contributed by atoms with van der Waals surface area (Å²) in [5, 5.41) is 0.459. The van der Waals surface area contributed by atoms with Gasteiger partial charge in [-0.3, -0.25) is 4.90 Å². The highest BCUT2D eigenvalue weighted by Crippen LogP contribution is 2.41. The van der Waals surface area contributed by atoms with E-state index >= 15 is 0 Å². The van der Waals surface area contributed by atoms with E-state index in [1.54, 1.807) is 6.20 Å². The van der Waals surface area contributed by atoms with Crippen LogP contribution < -0.4 is 9.64 Å². The van der Waals surface area contributed by atoms with Gasteiger partial charge in [-0.15, -0.1) is 0 Å². The summed E-state index contributed by atoms with van der Waals surface area (Å²) in [5.74, 6) is 1.52. The molecule has 2 aromatic rings. The van der Waals surface area contributed by atoms with Crippen LogP contribution in [0.1, 0.15) is 44.9 Å². The Morgan fingerprint density at radius 2 is 1.87 bits per heavy atom. The summed E-state index contributed by atoms with van der Waals surface area (Å²) in [6.07, 6.45) is 10.1. The van der Waals surface area contributed by atoms with Crippen molar-refractivity contribution in [2.75, 3.05) is 37.7 Å². The van der Waals surface area contributed by atoms with E-state index in [1.807, 2.05) is 0 Å². The molecule has 4 aliphatic rings. The summed E-state index contributed by atoms with van der Waals surface area (Å²) in [6, 6.07) is 0.254. The third kappa shape index (κ3) is 3.04. The van der Waals surface area contributed by atoms with Crippen molar-refractivity contribution in [1.29, 1.82) is 0 Å². The van der Waals surface area contributed by atoms with Crippen molar-refractivity contribution in [2.45, 2.75) is 50.5 Å². The van der Waals surface area contributed by atoms with Crippen molar-refractivity contribution < 1.29 is 9.13 Å². The Balaban J connectivity index is 1.36. The average Bonchev–Trinajstić information content (AvgIpc) is 3.42. The number of hydrogen-bond acceptors (Lipinski definition) is 6. The van der Waals surface area contributed by atoms with Crippen LogP contribution in [0.5, 0.6) is 6.01 Å². The number of anilines is 1. The monoisotopic (exact) mass is 431 g/mol. The molecule has 6 rings (SSSR count). The van der Waals surface area contributed by atoms with Crippen molar-refractivity contribution in [3.05, 3.63) is 17.2 Å². The molecule has 0 radical (unpaired) electrons. The molecule has 1 saturated carbocycles. The largest absolute Gasteiger partial charge is 0.461 e. The summed E-state index contributed by atoms with van der Waals surface area (Å²) >= 11 is 5.98.